The van der Waals surface area contributed by atoms with Crippen LogP contribution in [0.1, 0.15) is 124 Å². The molecule has 0 aromatic carbocycles. The van der Waals surface area contributed by atoms with Gasteiger partial charge in [-0.05, 0) is 89.3 Å². The summed E-state index contributed by atoms with van der Waals surface area (Å²) in [4.78, 5) is 143. The maximum Gasteiger partial charge on any atom is 0.322 e. The fourth-order valence-electron chi connectivity index (χ4n) is 5.17. The van der Waals surface area contributed by atoms with E-state index < -0.39 is 164 Å². The van der Waals surface area contributed by atoms with E-state index in [0.717, 1.165) is 64.5 Å². The molecule has 2 heterocycles. The molecule has 0 bridgehead atoms. The monoisotopic (exact) mass is 1440 g/mol. The second-order valence-corrected chi connectivity index (χ2v) is 20.3. The molecule has 98 heavy (non-hydrogen) atoms. The van der Waals surface area contributed by atoms with Gasteiger partial charge < -0.3 is 161 Å². The second-order valence-electron chi connectivity index (χ2n) is 20.3. The lowest BCUT2D eigenvalue weighted by Gasteiger charge is -2.11. The number of carbonyl (C=O) groups is 14. The molecule has 0 aromatic rings. The average Bonchev–Trinajstić information content (AvgIpc) is 1.88. The summed E-state index contributed by atoms with van der Waals surface area (Å²) in [5.41, 5.74) is 60.5. The second kappa shape index (κ2) is 68.2. The first-order valence-electron chi connectivity index (χ1n) is 29.4. The molecule has 0 radical (unpaired) electrons. The standard InChI is InChI=1S/C6H14N4O2.C6H14N2O2.2C6H13NO2.C5H9NO4.2C5H9NO2.2C4H7NO4.2C3H7NO3/c7-4(5(11)12)2-1-3-10-6(8)9;7-4-2-1-3-5(8)6(9)10;2*1-3-4(2)5(7)6(8)9;6-3(5(9)10)1-2-4(7)8;2*7-5(8)4-2-1-3-6-4;2*5-2(4(8)9)1-3(6)7;2*4-2(1-5)3(6)7/h4H,1-3,7H2,(H,11,12)(H4,8,9,10);5H,1-4,7-8H2,(H,9,10);2*4-5H,3,7H2,1-2H3,(H,8,9);3H,1-2,6H2,(H,7,8)(H,9,10);2*4,6H,1-3H2,(H,7,8);2*2H,1,5H2,(H,6,7)(H,8,9);2*2,5H,1,4H2,(H,6,7)/t4-;5-;2*4-,5-;3-;2*4-;4*2-/m00000000000/s1. The molecule has 2 rings (SSSR count). The van der Waals surface area contributed by atoms with E-state index in [1.807, 2.05) is 27.7 Å². The Labute approximate surface area is 563 Å². The Kier molecular flexibility index (Phi) is 75.2. The van der Waals surface area contributed by atoms with Crippen molar-refractivity contribution < 1.29 is 149 Å². The lowest BCUT2D eigenvalue weighted by atomic mass is 10.0. The van der Waals surface area contributed by atoms with Gasteiger partial charge in [0.25, 0.3) is 0 Å². The smallest absolute Gasteiger partial charge is 0.322 e. The predicted octanol–water partition coefficient (Wildman–Crippen LogP) is -7.70. The number of aliphatic hydroxyl groups excluding tert-OH is 2. The number of aliphatic carboxylic acids is 14. The number of guanidine groups is 1. The minimum absolute atomic E-state index is 0.0129. The van der Waals surface area contributed by atoms with Gasteiger partial charge in [-0.25, -0.2) is 0 Å². The Morgan fingerprint density at radius 3 is 0.847 bits per heavy atom. The van der Waals surface area contributed by atoms with Gasteiger partial charge in [0, 0.05) is 13.0 Å². The van der Waals surface area contributed by atoms with Crippen molar-refractivity contribution in [2.75, 3.05) is 39.4 Å². The van der Waals surface area contributed by atoms with Gasteiger partial charge in [-0.15, -0.1) is 0 Å². The SMILES string of the molecule is CC[C@H](C)[C@H](N)C(=O)O.CC[C@H](C)[C@H](N)C(=O)O.NC(N)=NCCC[C@H](N)C(=O)O.NCCCC[C@H](N)C(=O)O.N[C@@H](CC(=O)O)C(=O)O.N[C@@H](CC(=O)O)C(=O)O.N[C@@H](CCC(=O)O)C(=O)O.N[C@@H](CO)C(=O)O.N[C@@H](CO)C(=O)O.O=C(O)[C@@H]1CCCN1.O=C(O)[C@@H]1CCCN1. The van der Waals surface area contributed by atoms with Gasteiger partial charge in [0.1, 0.15) is 66.5 Å². The number of aliphatic hydroxyl groups is 2. The van der Waals surface area contributed by atoms with Crippen LogP contribution in [0, 0.1) is 11.8 Å². The third kappa shape index (κ3) is 79.7. The van der Waals surface area contributed by atoms with Gasteiger partial charge in [-0.2, -0.15) is 0 Å². The molecular weight excluding hydrogens is 1330 g/mol. The number of nitrogens with zero attached hydrogens (tertiary/aromatic N) is 1. The molecule has 0 unspecified atom stereocenters. The van der Waals surface area contributed by atoms with Gasteiger partial charge in [0.15, 0.2) is 5.96 Å². The third-order valence-corrected chi connectivity index (χ3v) is 11.8. The molecule has 2 fully saturated rings. The van der Waals surface area contributed by atoms with E-state index in [1.54, 1.807) is 0 Å². The van der Waals surface area contributed by atoms with Crippen LogP contribution in [0.5, 0.6) is 0 Å². The highest BCUT2D eigenvalue weighted by molar-refractivity contribution is 5.81. The lowest BCUT2D eigenvalue weighted by molar-refractivity contribution is -0.144. The molecule has 0 aliphatic carbocycles. The Balaban J connectivity index is -0.000000127. The first kappa shape index (κ1) is 108. The van der Waals surface area contributed by atoms with Gasteiger partial charge in [-0.3, -0.25) is 72.1 Å². The number of nitrogens with two attached hydrogens (primary N) is 12. The first-order chi connectivity index (χ1) is 45.0. The van der Waals surface area contributed by atoms with Gasteiger partial charge in [-0.1, -0.05) is 47.0 Å². The molecule has 576 valence electrons. The summed E-state index contributed by atoms with van der Waals surface area (Å²) in [6.07, 6.45) is 7.03. The number of unbranched alkanes of at least 4 members (excludes halogenated alkanes) is 1. The lowest BCUT2D eigenvalue weighted by Crippen LogP contribution is -2.36. The zero-order chi connectivity index (χ0) is 79.1. The zero-order valence-corrected chi connectivity index (χ0v) is 55.1. The summed E-state index contributed by atoms with van der Waals surface area (Å²) in [5, 5.41) is 136. The molecule has 2 saturated heterocycles. The summed E-state index contributed by atoms with van der Waals surface area (Å²) < 4.78 is 0. The van der Waals surface area contributed by atoms with E-state index in [1.165, 1.54) is 0 Å². The number of rotatable bonds is 32. The van der Waals surface area contributed by atoms with Crippen molar-refractivity contribution in [3.8, 4) is 0 Å². The summed E-state index contributed by atoms with van der Waals surface area (Å²) in [6, 6.07) is -9.36. The van der Waals surface area contributed by atoms with Crippen LogP contribution < -0.4 is 79.4 Å². The van der Waals surface area contributed by atoms with E-state index in [4.69, 9.17) is 151 Å². The van der Waals surface area contributed by atoms with E-state index in [2.05, 4.69) is 15.6 Å². The minimum Gasteiger partial charge on any atom is -0.481 e. The molecule has 0 saturated carbocycles. The highest BCUT2D eigenvalue weighted by atomic mass is 16.4. The van der Waals surface area contributed by atoms with Crippen LogP contribution in [-0.4, -0.2) is 277 Å². The summed E-state index contributed by atoms with van der Waals surface area (Å²) >= 11 is 0. The topological polar surface area (TPSA) is 911 Å². The molecule has 2 aliphatic rings. The maximum atomic E-state index is 10.2. The van der Waals surface area contributed by atoms with Gasteiger partial charge >= 0.3 is 83.6 Å². The summed E-state index contributed by atoms with van der Waals surface area (Å²) in [7, 11) is 0. The van der Waals surface area contributed by atoms with Crippen LogP contribution in [0.4, 0.5) is 0 Å². The third-order valence-electron chi connectivity index (χ3n) is 11.8. The molecule has 45 nitrogen and oxygen atoms in total. The highest BCUT2D eigenvalue weighted by Crippen LogP contribution is 2.06. The van der Waals surface area contributed by atoms with Crippen LogP contribution >= 0.6 is 0 Å². The molecule has 0 aromatic heterocycles. The van der Waals surface area contributed by atoms with Crippen molar-refractivity contribution in [2.24, 2.45) is 85.6 Å². The first-order valence-corrected chi connectivity index (χ1v) is 29.4. The Bertz CT molecular complexity index is 2200. The van der Waals surface area contributed by atoms with Crippen LogP contribution in [0.25, 0.3) is 0 Å². The van der Waals surface area contributed by atoms with E-state index >= 15 is 0 Å². The molecule has 0 amide bonds. The quantitative estimate of drug-likeness (QED) is 0.0169. The van der Waals surface area contributed by atoms with Crippen molar-refractivity contribution in [3.05, 3.63) is 0 Å². The number of nitrogens with one attached hydrogen (secondary N) is 2. The Morgan fingerprint density at radius 1 is 0.408 bits per heavy atom. The van der Waals surface area contributed by atoms with Crippen molar-refractivity contribution in [1.29, 1.82) is 0 Å². The zero-order valence-electron chi connectivity index (χ0n) is 55.1. The maximum absolute atomic E-state index is 10.2. The molecule has 2 aliphatic heterocycles. The Hall–Kier alpha value is -8.71. The molecule has 13 atom stereocenters. The minimum atomic E-state index is -1.29. The fraction of sp³-hybridized carbons (Fsp3) is 0.717. The van der Waals surface area contributed by atoms with Crippen LogP contribution in [0.15, 0.2) is 4.99 Å². The molecule has 0 spiro atoms. The number of aliphatic imine (C=N–C) groups is 1. The van der Waals surface area contributed by atoms with Crippen molar-refractivity contribution in [3.63, 3.8) is 0 Å². The van der Waals surface area contributed by atoms with Crippen molar-refractivity contribution in [2.45, 2.75) is 190 Å². The average molecular weight is 1440 g/mol. The van der Waals surface area contributed by atoms with E-state index in [0.29, 0.717) is 32.4 Å². The van der Waals surface area contributed by atoms with E-state index in [9.17, 15) is 67.1 Å². The number of carboxylic acids is 14. The summed E-state index contributed by atoms with van der Waals surface area (Å²) in [6.45, 7) is 9.24. The largest absolute Gasteiger partial charge is 0.481 e. The number of hydrogen-bond acceptors (Lipinski definition) is 29. The molecular formula is C53H109N15O30. The number of hydrogen-bond donors (Lipinski definition) is 30. The number of carboxylic acid groups (broad SMARTS) is 14. The Morgan fingerprint density at radius 2 is 0.694 bits per heavy atom. The fourth-order valence-corrected chi connectivity index (χ4v) is 5.17. The normalized spacial score (nSPS) is 16.0. The van der Waals surface area contributed by atoms with Crippen LogP contribution in [0.3, 0.4) is 0 Å². The van der Waals surface area contributed by atoms with Crippen molar-refractivity contribution in [1.82, 2.24) is 10.6 Å². The molecule has 45 heteroatoms. The van der Waals surface area contributed by atoms with Gasteiger partial charge in [0.2, 0.25) is 0 Å². The van der Waals surface area contributed by atoms with Crippen LogP contribution in [-0.2, 0) is 67.1 Å². The van der Waals surface area contributed by atoms with Crippen LogP contribution in [0.2, 0.25) is 0 Å². The van der Waals surface area contributed by atoms with Gasteiger partial charge in [0.05, 0.1) is 26.1 Å². The molecule has 42 N–H and O–H groups in total. The predicted molar refractivity (Wildman–Crippen MR) is 345 cm³/mol. The van der Waals surface area contributed by atoms with E-state index in [-0.39, 0.29) is 42.7 Å². The summed E-state index contributed by atoms with van der Waals surface area (Å²) in [5.74, 6) is -14.6. The van der Waals surface area contributed by atoms with Crippen molar-refractivity contribution >= 4 is 89.5 Å². The highest BCUT2D eigenvalue weighted by Gasteiger charge is 2.22.